The number of hydrogen-bond donors (Lipinski definition) is 0. The number of rotatable bonds is 5. The molecule has 6 nitrogen and oxygen atoms in total. The number of cyclic esters (lactones) is 1. The minimum Gasteiger partial charge on any atom is -0.455 e. The number of hydrogen-bond acceptors (Lipinski definition) is 6. The fourth-order valence-corrected chi connectivity index (χ4v) is 2.70. The maximum atomic E-state index is 12.3. The smallest absolute Gasteiger partial charge is 0.352 e. The third kappa shape index (κ3) is 3.74. The maximum absolute atomic E-state index is 12.3. The topological polar surface area (TPSA) is 78.9 Å². The fourth-order valence-electron chi connectivity index (χ4n) is 2.70. The number of carbonyl (C=O) groups excluding carboxylic acids is 3. The van der Waals surface area contributed by atoms with Gasteiger partial charge in [-0.1, -0.05) is 43.3 Å². The van der Waals surface area contributed by atoms with Crippen LogP contribution in [-0.4, -0.2) is 36.2 Å². The van der Waals surface area contributed by atoms with Crippen molar-refractivity contribution >= 4 is 17.9 Å². The fraction of sp³-hybridized carbons (Fsp3) is 0.250. The minimum absolute atomic E-state index is 0.299. The van der Waals surface area contributed by atoms with Crippen LogP contribution in [-0.2, 0) is 19.0 Å². The molecule has 2 aromatic carbocycles. The van der Waals surface area contributed by atoms with Gasteiger partial charge in [0.05, 0.1) is 11.1 Å². The van der Waals surface area contributed by atoms with E-state index in [-0.39, 0.29) is 0 Å². The second kappa shape index (κ2) is 7.82. The highest BCUT2D eigenvalue weighted by atomic mass is 16.7. The molecule has 3 atom stereocenters. The van der Waals surface area contributed by atoms with Crippen LogP contribution in [0.3, 0.4) is 0 Å². The average Bonchev–Trinajstić information content (AvgIpc) is 2.98. The van der Waals surface area contributed by atoms with E-state index < -0.39 is 36.2 Å². The third-order valence-corrected chi connectivity index (χ3v) is 4.06. The van der Waals surface area contributed by atoms with Crippen molar-refractivity contribution in [2.24, 2.45) is 0 Å². The summed E-state index contributed by atoms with van der Waals surface area (Å²) in [5, 5.41) is 0. The van der Waals surface area contributed by atoms with Gasteiger partial charge in [0, 0.05) is 0 Å². The van der Waals surface area contributed by atoms with Crippen LogP contribution in [0.1, 0.15) is 34.1 Å². The van der Waals surface area contributed by atoms with Crippen molar-refractivity contribution in [1.29, 1.82) is 0 Å². The van der Waals surface area contributed by atoms with Crippen LogP contribution in [0, 0.1) is 0 Å². The lowest BCUT2D eigenvalue weighted by atomic mass is 10.1. The van der Waals surface area contributed by atoms with E-state index in [4.69, 9.17) is 14.2 Å². The Morgan fingerprint density at radius 2 is 1.38 bits per heavy atom. The van der Waals surface area contributed by atoms with Gasteiger partial charge in [-0.05, 0) is 30.7 Å². The zero-order chi connectivity index (χ0) is 18.5. The summed E-state index contributed by atoms with van der Waals surface area (Å²) in [6, 6.07) is 16.7. The Hall–Kier alpha value is -3.15. The molecule has 0 aliphatic carbocycles. The predicted molar refractivity (Wildman–Crippen MR) is 91.5 cm³/mol. The highest BCUT2D eigenvalue weighted by Gasteiger charge is 2.49. The molecule has 0 radical (unpaired) electrons. The van der Waals surface area contributed by atoms with E-state index in [9.17, 15) is 14.4 Å². The zero-order valence-electron chi connectivity index (χ0n) is 14.2. The summed E-state index contributed by atoms with van der Waals surface area (Å²) in [5.74, 6) is -2.00. The Kier molecular flexibility index (Phi) is 5.31. The van der Waals surface area contributed by atoms with Crippen molar-refractivity contribution in [2.45, 2.75) is 31.7 Å². The summed E-state index contributed by atoms with van der Waals surface area (Å²) < 4.78 is 16.0. The zero-order valence-corrected chi connectivity index (χ0v) is 14.2. The quantitative estimate of drug-likeness (QED) is 0.607. The van der Waals surface area contributed by atoms with Crippen LogP contribution >= 0.6 is 0 Å². The van der Waals surface area contributed by atoms with Crippen molar-refractivity contribution < 1.29 is 28.6 Å². The van der Waals surface area contributed by atoms with Gasteiger partial charge in [0.2, 0.25) is 6.10 Å². The number of esters is 3. The highest BCUT2D eigenvalue weighted by molar-refractivity contribution is 5.93. The van der Waals surface area contributed by atoms with Crippen molar-refractivity contribution in [1.82, 2.24) is 0 Å². The summed E-state index contributed by atoms with van der Waals surface area (Å²) in [5.41, 5.74) is 0.642. The van der Waals surface area contributed by atoms with E-state index in [1.165, 1.54) is 0 Å². The van der Waals surface area contributed by atoms with Gasteiger partial charge >= 0.3 is 17.9 Å². The monoisotopic (exact) mass is 354 g/mol. The molecule has 0 saturated carbocycles. The first-order chi connectivity index (χ1) is 12.6. The van der Waals surface area contributed by atoms with Gasteiger partial charge in [0.15, 0.2) is 6.10 Å². The first-order valence-electron chi connectivity index (χ1n) is 8.32. The van der Waals surface area contributed by atoms with Crippen LogP contribution in [0.15, 0.2) is 60.7 Å². The summed E-state index contributed by atoms with van der Waals surface area (Å²) in [4.78, 5) is 36.8. The Morgan fingerprint density at radius 3 is 1.88 bits per heavy atom. The standard InChI is InChI=1S/C20H18O6/c1-2-15-16(25-18(21)13-9-5-3-6-10-13)17(20(23)24-15)26-19(22)14-11-7-4-8-12-14/h3-12,15-17H,2H2,1H3. The molecule has 3 rings (SSSR count). The molecule has 2 aromatic rings. The Bertz CT molecular complexity index is 786. The van der Waals surface area contributed by atoms with Crippen molar-refractivity contribution in [2.75, 3.05) is 0 Å². The molecule has 1 saturated heterocycles. The third-order valence-electron chi connectivity index (χ3n) is 4.06. The lowest BCUT2D eigenvalue weighted by molar-refractivity contribution is -0.147. The molecular formula is C20H18O6. The van der Waals surface area contributed by atoms with Crippen molar-refractivity contribution in [3.05, 3.63) is 71.8 Å². The normalized spacial score (nSPS) is 21.7. The largest absolute Gasteiger partial charge is 0.455 e. The Balaban J connectivity index is 1.77. The number of ether oxygens (including phenoxy) is 3. The van der Waals surface area contributed by atoms with E-state index in [1.807, 2.05) is 0 Å². The molecule has 0 amide bonds. The predicted octanol–water partition coefficient (Wildman–Crippen LogP) is 2.77. The second-order valence-corrected chi connectivity index (χ2v) is 5.81. The minimum atomic E-state index is -1.29. The van der Waals surface area contributed by atoms with Crippen LogP contribution in [0.4, 0.5) is 0 Å². The van der Waals surface area contributed by atoms with E-state index >= 15 is 0 Å². The lowest BCUT2D eigenvalue weighted by Crippen LogP contribution is -2.39. The molecule has 0 aromatic heterocycles. The molecule has 0 N–H and O–H groups in total. The molecule has 1 aliphatic rings. The molecule has 1 fully saturated rings. The van der Waals surface area contributed by atoms with Gasteiger partial charge in [0.1, 0.15) is 6.10 Å². The van der Waals surface area contributed by atoms with Crippen LogP contribution in [0.2, 0.25) is 0 Å². The van der Waals surface area contributed by atoms with Gasteiger partial charge in [0.25, 0.3) is 0 Å². The van der Waals surface area contributed by atoms with Crippen LogP contribution in [0.25, 0.3) is 0 Å². The van der Waals surface area contributed by atoms with Gasteiger partial charge in [-0.15, -0.1) is 0 Å². The van der Waals surface area contributed by atoms with Crippen LogP contribution in [0.5, 0.6) is 0 Å². The van der Waals surface area contributed by atoms with E-state index in [0.29, 0.717) is 17.5 Å². The first-order valence-corrected chi connectivity index (χ1v) is 8.32. The molecule has 134 valence electrons. The molecule has 3 unspecified atom stereocenters. The van der Waals surface area contributed by atoms with Gasteiger partial charge < -0.3 is 14.2 Å². The molecule has 1 aliphatic heterocycles. The number of benzene rings is 2. The summed E-state index contributed by atoms with van der Waals surface area (Å²) >= 11 is 0. The first kappa shape index (κ1) is 17.7. The molecule has 1 heterocycles. The molecule has 0 bridgehead atoms. The molecule has 6 heteroatoms. The van der Waals surface area contributed by atoms with Crippen molar-refractivity contribution in [3.8, 4) is 0 Å². The molecular weight excluding hydrogens is 336 g/mol. The Labute approximate surface area is 150 Å². The highest BCUT2D eigenvalue weighted by Crippen LogP contribution is 2.26. The SMILES string of the molecule is CCC1OC(=O)C(OC(=O)c2ccccc2)C1OC(=O)c1ccccc1. The number of carbonyl (C=O) groups is 3. The summed E-state index contributed by atoms with van der Waals surface area (Å²) in [6.07, 6.45) is -2.52. The maximum Gasteiger partial charge on any atom is 0.352 e. The summed E-state index contributed by atoms with van der Waals surface area (Å²) in [6.45, 7) is 1.79. The van der Waals surface area contributed by atoms with E-state index in [0.717, 1.165) is 0 Å². The van der Waals surface area contributed by atoms with E-state index in [1.54, 1.807) is 67.6 Å². The van der Waals surface area contributed by atoms with Crippen molar-refractivity contribution in [3.63, 3.8) is 0 Å². The molecule has 26 heavy (non-hydrogen) atoms. The van der Waals surface area contributed by atoms with Gasteiger partial charge in [-0.3, -0.25) is 0 Å². The van der Waals surface area contributed by atoms with Gasteiger partial charge in [-0.25, -0.2) is 14.4 Å². The summed E-state index contributed by atoms with van der Waals surface area (Å²) in [7, 11) is 0. The lowest BCUT2D eigenvalue weighted by Gasteiger charge is -2.20. The van der Waals surface area contributed by atoms with Gasteiger partial charge in [-0.2, -0.15) is 0 Å². The van der Waals surface area contributed by atoms with Crippen LogP contribution < -0.4 is 0 Å². The average molecular weight is 354 g/mol. The van der Waals surface area contributed by atoms with E-state index in [2.05, 4.69) is 0 Å². The molecule has 0 spiro atoms. The second-order valence-electron chi connectivity index (χ2n) is 5.81. The Morgan fingerprint density at radius 1 is 0.885 bits per heavy atom.